The van der Waals surface area contributed by atoms with Gasteiger partial charge in [-0.05, 0) is 35.2 Å². The van der Waals surface area contributed by atoms with Crippen molar-refractivity contribution >= 4 is 23.2 Å². The summed E-state index contributed by atoms with van der Waals surface area (Å²) < 4.78 is 13.5. The van der Waals surface area contributed by atoms with Crippen LogP contribution in [0.2, 0.25) is 0 Å². The van der Waals surface area contributed by atoms with E-state index in [9.17, 15) is 14.0 Å². The quantitative estimate of drug-likeness (QED) is 0.831. The summed E-state index contributed by atoms with van der Waals surface area (Å²) in [6.07, 6.45) is -0.380. The number of hydrogen-bond donors (Lipinski definition) is 2. The van der Waals surface area contributed by atoms with Crippen LogP contribution in [0.25, 0.3) is 0 Å². The highest BCUT2D eigenvalue weighted by atomic mass is 19.1. The van der Waals surface area contributed by atoms with Crippen molar-refractivity contribution in [1.82, 2.24) is 0 Å². The monoisotopic (exact) mass is 328 g/mol. The van der Waals surface area contributed by atoms with Gasteiger partial charge in [-0.15, -0.1) is 0 Å². The highest BCUT2D eigenvalue weighted by Crippen LogP contribution is 2.23. The number of anilines is 2. The van der Waals surface area contributed by atoms with Gasteiger partial charge in [0.2, 0.25) is 11.8 Å². The molecule has 126 valence electrons. The van der Waals surface area contributed by atoms with Gasteiger partial charge in [0.25, 0.3) is 0 Å². The predicted molar refractivity (Wildman–Crippen MR) is 93.4 cm³/mol. The van der Waals surface area contributed by atoms with Gasteiger partial charge in [-0.25, -0.2) is 4.39 Å². The van der Waals surface area contributed by atoms with E-state index in [1.807, 2.05) is 12.1 Å². The zero-order valence-corrected chi connectivity index (χ0v) is 14.0. The number of para-hydroxylation sites is 1. The van der Waals surface area contributed by atoms with Crippen LogP contribution in [0.15, 0.2) is 48.5 Å². The lowest BCUT2D eigenvalue weighted by molar-refractivity contribution is -0.123. The molecule has 0 aliphatic heterocycles. The van der Waals surface area contributed by atoms with Crippen LogP contribution in [-0.4, -0.2) is 11.8 Å². The molecule has 0 saturated heterocycles. The van der Waals surface area contributed by atoms with E-state index in [4.69, 9.17) is 0 Å². The molecule has 0 atom stereocenters. The minimum absolute atomic E-state index is 0.0299. The van der Waals surface area contributed by atoms with Crippen LogP contribution in [-0.2, 0) is 15.0 Å². The second kappa shape index (κ2) is 7.25. The Morgan fingerprint density at radius 3 is 2.08 bits per heavy atom. The van der Waals surface area contributed by atoms with Crippen molar-refractivity contribution in [1.29, 1.82) is 0 Å². The van der Waals surface area contributed by atoms with Crippen molar-refractivity contribution < 1.29 is 14.0 Å². The molecule has 2 aromatic carbocycles. The second-order valence-corrected chi connectivity index (χ2v) is 6.58. The van der Waals surface area contributed by atoms with Crippen molar-refractivity contribution in [3.05, 3.63) is 59.9 Å². The number of carbonyl (C=O) groups excluding carboxylic acids is 2. The van der Waals surface area contributed by atoms with E-state index in [0.29, 0.717) is 5.69 Å². The standard InChI is InChI=1S/C19H21FN2O2/c1-19(2,3)13-8-10-14(11-9-13)21-17(23)12-18(24)22-16-7-5-4-6-15(16)20/h4-11H,12H2,1-3H3,(H,21,23)(H,22,24). The first-order valence-electron chi connectivity index (χ1n) is 7.70. The van der Waals surface area contributed by atoms with Crippen LogP contribution in [0.5, 0.6) is 0 Å². The first kappa shape index (κ1) is 17.7. The van der Waals surface area contributed by atoms with Crippen molar-refractivity contribution in [2.45, 2.75) is 32.6 Å². The van der Waals surface area contributed by atoms with Gasteiger partial charge in [-0.2, -0.15) is 0 Å². The molecule has 24 heavy (non-hydrogen) atoms. The van der Waals surface area contributed by atoms with Gasteiger partial charge in [0.05, 0.1) is 5.69 Å². The Bertz CT molecular complexity index is 734. The van der Waals surface area contributed by atoms with Crippen LogP contribution in [0.4, 0.5) is 15.8 Å². The molecule has 0 fully saturated rings. The lowest BCUT2D eigenvalue weighted by Crippen LogP contribution is -2.22. The number of benzene rings is 2. The number of amides is 2. The lowest BCUT2D eigenvalue weighted by Gasteiger charge is -2.19. The maximum atomic E-state index is 13.5. The fourth-order valence-corrected chi connectivity index (χ4v) is 2.16. The predicted octanol–water partition coefficient (Wildman–Crippen LogP) is 4.09. The molecule has 0 unspecified atom stereocenters. The molecule has 2 N–H and O–H groups in total. The first-order valence-corrected chi connectivity index (χ1v) is 7.70. The van der Waals surface area contributed by atoms with Gasteiger partial charge < -0.3 is 10.6 Å². The maximum absolute atomic E-state index is 13.5. The molecule has 0 aromatic heterocycles. The van der Waals surface area contributed by atoms with Crippen LogP contribution in [0.3, 0.4) is 0 Å². The van der Waals surface area contributed by atoms with Gasteiger partial charge in [0.15, 0.2) is 0 Å². The average Bonchev–Trinajstić information content (AvgIpc) is 2.49. The second-order valence-electron chi connectivity index (χ2n) is 6.58. The summed E-state index contributed by atoms with van der Waals surface area (Å²) in [7, 11) is 0. The highest BCUT2D eigenvalue weighted by molar-refractivity contribution is 6.08. The number of halogens is 1. The van der Waals surface area contributed by atoms with Crippen LogP contribution < -0.4 is 10.6 Å². The maximum Gasteiger partial charge on any atom is 0.233 e. The van der Waals surface area contributed by atoms with Gasteiger partial charge in [0, 0.05) is 5.69 Å². The normalized spacial score (nSPS) is 11.0. The van der Waals surface area contributed by atoms with Crippen LogP contribution in [0.1, 0.15) is 32.8 Å². The summed E-state index contributed by atoms with van der Waals surface area (Å²) in [5, 5.41) is 5.04. The third kappa shape index (κ3) is 4.91. The molecule has 0 aliphatic rings. The molecule has 2 aromatic rings. The van der Waals surface area contributed by atoms with E-state index in [0.717, 1.165) is 5.56 Å². The fraction of sp³-hybridized carbons (Fsp3) is 0.263. The number of nitrogens with one attached hydrogen (secondary N) is 2. The van der Waals surface area contributed by atoms with Crippen molar-refractivity contribution in [3.63, 3.8) is 0 Å². The molecule has 0 saturated carbocycles. The molecule has 0 radical (unpaired) electrons. The summed E-state index contributed by atoms with van der Waals surface area (Å²) in [6.45, 7) is 6.31. The van der Waals surface area contributed by atoms with E-state index in [-0.39, 0.29) is 17.5 Å². The number of carbonyl (C=O) groups is 2. The lowest BCUT2D eigenvalue weighted by atomic mass is 9.87. The van der Waals surface area contributed by atoms with Gasteiger partial charge >= 0.3 is 0 Å². The third-order valence-corrected chi connectivity index (χ3v) is 3.50. The molecule has 0 spiro atoms. The molecule has 2 amide bonds. The van der Waals surface area contributed by atoms with E-state index in [1.54, 1.807) is 18.2 Å². The van der Waals surface area contributed by atoms with Crippen molar-refractivity contribution in [3.8, 4) is 0 Å². The van der Waals surface area contributed by atoms with Gasteiger partial charge in [-0.1, -0.05) is 45.0 Å². The summed E-state index contributed by atoms with van der Waals surface area (Å²) in [4.78, 5) is 23.7. The van der Waals surface area contributed by atoms with Crippen LogP contribution >= 0.6 is 0 Å². The molecular formula is C19H21FN2O2. The highest BCUT2D eigenvalue weighted by Gasteiger charge is 2.14. The molecule has 0 aliphatic carbocycles. The number of rotatable bonds is 4. The summed E-state index contributed by atoms with van der Waals surface area (Å²) in [6, 6.07) is 13.3. The average molecular weight is 328 g/mol. The van der Waals surface area contributed by atoms with Crippen molar-refractivity contribution in [2.75, 3.05) is 10.6 Å². The Kier molecular flexibility index (Phi) is 5.34. The van der Waals surface area contributed by atoms with E-state index >= 15 is 0 Å². The molecule has 4 nitrogen and oxygen atoms in total. The Morgan fingerprint density at radius 1 is 0.917 bits per heavy atom. The zero-order valence-electron chi connectivity index (χ0n) is 14.0. The van der Waals surface area contributed by atoms with Crippen LogP contribution in [0, 0.1) is 5.82 Å². The number of hydrogen-bond acceptors (Lipinski definition) is 2. The Hall–Kier alpha value is -2.69. The van der Waals surface area contributed by atoms with Gasteiger partial charge in [-0.3, -0.25) is 9.59 Å². The smallest absolute Gasteiger partial charge is 0.233 e. The SMILES string of the molecule is CC(C)(C)c1ccc(NC(=O)CC(=O)Nc2ccccc2F)cc1. The van der Waals surface area contributed by atoms with Gasteiger partial charge in [0.1, 0.15) is 12.2 Å². The Labute approximate surface area is 141 Å². The fourth-order valence-electron chi connectivity index (χ4n) is 2.16. The van der Waals surface area contributed by atoms with E-state index in [2.05, 4.69) is 31.4 Å². The summed E-state index contributed by atoms with van der Waals surface area (Å²) >= 11 is 0. The minimum Gasteiger partial charge on any atom is -0.326 e. The van der Waals surface area contributed by atoms with E-state index in [1.165, 1.54) is 18.2 Å². The Balaban J connectivity index is 1.91. The molecular weight excluding hydrogens is 307 g/mol. The summed E-state index contributed by atoms with van der Waals surface area (Å²) in [5.41, 5.74) is 1.86. The topological polar surface area (TPSA) is 58.2 Å². The zero-order chi connectivity index (χ0) is 17.7. The minimum atomic E-state index is -0.566. The third-order valence-electron chi connectivity index (χ3n) is 3.50. The largest absolute Gasteiger partial charge is 0.326 e. The molecule has 0 bridgehead atoms. The Morgan fingerprint density at radius 2 is 1.50 bits per heavy atom. The molecule has 0 heterocycles. The molecule has 2 rings (SSSR count). The summed E-state index contributed by atoms with van der Waals surface area (Å²) in [5.74, 6) is -1.56. The first-order chi connectivity index (χ1) is 11.3. The van der Waals surface area contributed by atoms with E-state index < -0.39 is 17.6 Å². The molecule has 5 heteroatoms. The van der Waals surface area contributed by atoms with Crippen molar-refractivity contribution in [2.24, 2.45) is 0 Å².